The van der Waals surface area contributed by atoms with Crippen LogP contribution in [0.2, 0.25) is 0 Å². The van der Waals surface area contributed by atoms with Gasteiger partial charge in [0.25, 0.3) is 5.91 Å². The number of aromatic nitrogens is 1. The highest BCUT2D eigenvalue weighted by Crippen LogP contribution is 2.21. The van der Waals surface area contributed by atoms with Crippen LogP contribution in [0.25, 0.3) is 0 Å². The molecule has 0 saturated heterocycles. The first-order chi connectivity index (χ1) is 12.6. The Hall–Kier alpha value is -3.65. The topological polar surface area (TPSA) is 77.8 Å². The minimum absolute atomic E-state index is 0.282. The zero-order valence-corrected chi connectivity index (χ0v) is 14.6. The number of nitrogens with zero attached hydrogens (tertiary/aromatic N) is 2. The van der Waals surface area contributed by atoms with Gasteiger partial charge in [-0.15, -0.1) is 0 Å². The van der Waals surface area contributed by atoms with Crippen molar-refractivity contribution in [2.75, 3.05) is 10.6 Å². The molecule has 3 aromatic rings. The predicted octanol–water partition coefficient (Wildman–Crippen LogP) is 4.57. The zero-order chi connectivity index (χ0) is 18.5. The fourth-order valence-corrected chi connectivity index (χ4v) is 2.50. The maximum Gasteiger partial charge on any atom is 0.274 e. The Morgan fingerprint density at radius 3 is 2.58 bits per heavy atom. The summed E-state index contributed by atoms with van der Waals surface area (Å²) in [5.74, 6) is -0.356. The first-order valence-electron chi connectivity index (χ1n) is 8.17. The quantitative estimate of drug-likeness (QED) is 0.728. The van der Waals surface area contributed by atoms with E-state index in [4.69, 9.17) is 5.26 Å². The molecule has 0 radical (unpaired) electrons. The lowest BCUT2D eigenvalue weighted by Gasteiger charge is -2.11. The molecule has 26 heavy (non-hydrogen) atoms. The lowest BCUT2D eigenvalue weighted by Crippen LogP contribution is -2.14. The second kappa shape index (κ2) is 7.49. The van der Waals surface area contributed by atoms with Crippen LogP contribution < -0.4 is 10.6 Å². The van der Waals surface area contributed by atoms with Crippen LogP contribution in [0.5, 0.6) is 0 Å². The highest BCUT2D eigenvalue weighted by atomic mass is 16.1. The van der Waals surface area contributed by atoms with Crippen molar-refractivity contribution in [2.24, 2.45) is 0 Å². The van der Waals surface area contributed by atoms with E-state index in [1.165, 1.54) is 5.56 Å². The molecular weight excluding hydrogens is 324 g/mol. The number of rotatable bonds is 4. The van der Waals surface area contributed by atoms with Gasteiger partial charge in [0.1, 0.15) is 11.8 Å². The van der Waals surface area contributed by atoms with Crippen LogP contribution in [0.15, 0.2) is 60.8 Å². The molecule has 0 fully saturated rings. The molecule has 0 saturated carbocycles. The summed E-state index contributed by atoms with van der Waals surface area (Å²) in [6.45, 7) is 4.07. The number of para-hydroxylation sites is 1. The molecule has 2 N–H and O–H groups in total. The molecule has 128 valence electrons. The third-order valence-electron chi connectivity index (χ3n) is 3.96. The van der Waals surface area contributed by atoms with Gasteiger partial charge < -0.3 is 10.6 Å². The minimum Gasteiger partial charge on any atom is -0.354 e. The van der Waals surface area contributed by atoms with Crippen molar-refractivity contribution >= 4 is 23.0 Å². The van der Waals surface area contributed by atoms with Gasteiger partial charge in [-0.3, -0.25) is 4.79 Å². The van der Waals surface area contributed by atoms with Crippen LogP contribution in [-0.4, -0.2) is 10.9 Å². The first kappa shape index (κ1) is 17.2. The van der Waals surface area contributed by atoms with Crippen LogP contribution in [0.3, 0.4) is 0 Å². The van der Waals surface area contributed by atoms with E-state index in [1.807, 2.05) is 13.8 Å². The van der Waals surface area contributed by atoms with Gasteiger partial charge >= 0.3 is 0 Å². The van der Waals surface area contributed by atoms with Crippen LogP contribution in [0.4, 0.5) is 17.1 Å². The number of carbonyl (C=O) groups is 1. The number of carbonyl (C=O) groups excluding carboxylic acids is 1. The van der Waals surface area contributed by atoms with E-state index in [-0.39, 0.29) is 11.6 Å². The third-order valence-corrected chi connectivity index (χ3v) is 3.96. The fourth-order valence-electron chi connectivity index (χ4n) is 2.50. The van der Waals surface area contributed by atoms with E-state index in [2.05, 4.69) is 39.9 Å². The average Bonchev–Trinajstić information content (AvgIpc) is 2.65. The third kappa shape index (κ3) is 3.87. The Kier molecular flexibility index (Phi) is 4.95. The lowest BCUT2D eigenvalue weighted by molar-refractivity contribution is 0.102. The van der Waals surface area contributed by atoms with E-state index in [1.54, 1.807) is 42.6 Å². The Morgan fingerprint density at radius 1 is 1.04 bits per heavy atom. The largest absolute Gasteiger partial charge is 0.354 e. The summed E-state index contributed by atoms with van der Waals surface area (Å²) in [4.78, 5) is 16.6. The molecule has 1 heterocycles. The van der Waals surface area contributed by atoms with Crippen molar-refractivity contribution in [1.29, 1.82) is 5.26 Å². The number of pyridine rings is 1. The number of anilines is 3. The molecule has 0 atom stereocenters. The van der Waals surface area contributed by atoms with Crippen molar-refractivity contribution in [2.45, 2.75) is 13.8 Å². The van der Waals surface area contributed by atoms with Gasteiger partial charge in [-0.2, -0.15) is 5.26 Å². The summed E-state index contributed by atoms with van der Waals surface area (Å²) in [5, 5.41) is 15.1. The maximum absolute atomic E-state index is 12.3. The van der Waals surface area contributed by atoms with Gasteiger partial charge in [-0.1, -0.05) is 24.3 Å². The van der Waals surface area contributed by atoms with Gasteiger partial charge in [0.05, 0.1) is 23.1 Å². The number of nitriles is 1. The number of amides is 1. The van der Waals surface area contributed by atoms with Crippen molar-refractivity contribution in [3.05, 3.63) is 83.2 Å². The SMILES string of the molecule is Cc1ccc(C)c(Nc2ccc(C(=O)Nc3ccccc3C#N)nc2)c1. The smallest absolute Gasteiger partial charge is 0.274 e. The number of benzene rings is 2. The standard InChI is InChI=1S/C21H18N4O/c1-14-7-8-15(2)20(11-14)24-17-9-10-19(23-13-17)21(26)25-18-6-4-3-5-16(18)12-22/h3-11,13,24H,1-2H3,(H,25,26). The summed E-state index contributed by atoms with van der Waals surface area (Å²) < 4.78 is 0. The van der Waals surface area contributed by atoms with Crippen LogP contribution >= 0.6 is 0 Å². The summed E-state index contributed by atoms with van der Waals surface area (Å²) in [7, 11) is 0. The van der Waals surface area contributed by atoms with Crippen LogP contribution in [0.1, 0.15) is 27.2 Å². The average molecular weight is 342 g/mol. The van der Waals surface area contributed by atoms with Crippen LogP contribution in [-0.2, 0) is 0 Å². The van der Waals surface area contributed by atoms with E-state index < -0.39 is 0 Å². The molecule has 0 aliphatic carbocycles. The molecule has 0 unspecified atom stereocenters. The molecule has 5 heteroatoms. The van der Waals surface area contributed by atoms with Crippen molar-refractivity contribution in [3.8, 4) is 6.07 Å². The molecule has 3 rings (SSSR count). The van der Waals surface area contributed by atoms with Gasteiger partial charge in [-0.25, -0.2) is 4.98 Å². The first-order valence-corrected chi connectivity index (χ1v) is 8.17. The highest BCUT2D eigenvalue weighted by Gasteiger charge is 2.10. The van der Waals surface area contributed by atoms with Crippen molar-refractivity contribution in [1.82, 2.24) is 4.98 Å². The number of hydrogen-bond acceptors (Lipinski definition) is 4. The molecule has 1 aromatic heterocycles. The van der Waals surface area contributed by atoms with Gasteiger partial charge in [0.15, 0.2) is 0 Å². The molecule has 1 amide bonds. The second-order valence-electron chi connectivity index (χ2n) is 5.99. The number of hydrogen-bond donors (Lipinski definition) is 2. The molecule has 0 aliphatic rings. The summed E-state index contributed by atoms with van der Waals surface area (Å²) >= 11 is 0. The van der Waals surface area contributed by atoms with E-state index >= 15 is 0 Å². The number of aryl methyl sites for hydroxylation is 2. The molecule has 0 spiro atoms. The second-order valence-corrected chi connectivity index (χ2v) is 5.99. The van der Waals surface area contributed by atoms with Crippen molar-refractivity contribution < 1.29 is 4.79 Å². The van der Waals surface area contributed by atoms with Crippen molar-refractivity contribution in [3.63, 3.8) is 0 Å². The van der Waals surface area contributed by atoms with Gasteiger partial charge in [-0.05, 0) is 55.3 Å². The summed E-state index contributed by atoms with van der Waals surface area (Å²) in [6.07, 6.45) is 1.62. The lowest BCUT2D eigenvalue weighted by atomic mass is 10.1. The molecule has 0 aliphatic heterocycles. The monoisotopic (exact) mass is 342 g/mol. The normalized spacial score (nSPS) is 10.0. The zero-order valence-electron chi connectivity index (χ0n) is 14.6. The Labute approximate surface area is 152 Å². The molecule has 0 bridgehead atoms. The highest BCUT2D eigenvalue weighted by molar-refractivity contribution is 6.03. The van der Waals surface area contributed by atoms with Crippen LogP contribution in [0, 0.1) is 25.2 Å². The fraction of sp³-hybridized carbons (Fsp3) is 0.0952. The van der Waals surface area contributed by atoms with Gasteiger partial charge in [0, 0.05) is 5.69 Å². The molecule has 5 nitrogen and oxygen atoms in total. The van der Waals surface area contributed by atoms with E-state index in [0.29, 0.717) is 11.3 Å². The summed E-state index contributed by atoms with van der Waals surface area (Å²) in [5.41, 5.74) is 5.26. The Morgan fingerprint density at radius 2 is 1.85 bits per heavy atom. The number of nitrogens with one attached hydrogen (secondary N) is 2. The maximum atomic E-state index is 12.3. The molecular formula is C21H18N4O. The minimum atomic E-state index is -0.356. The van der Waals surface area contributed by atoms with Gasteiger partial charge in [0.2, 0.25) is 0 Å². The Bertz CT molecular complexity index is 988. The summed E-state index contributed by atoms with van der Waals surface area (Å²) in [6, 6.07) is 18.5. The molecule has 2 aromatic carbocycles. The van der Waals surface area contributed by atoms with E-state index in [0.717, 1.165) is 16.9 Å². The van der Waals surface area contributed by atoms with E-state index in [9.17, 15) is 4.79 Å². The Balaban J connectivity index is 1.74. The predicted molar refractivity (Wildman–Crippen MR) is 103 cm³/mol.